The molecule has 5 heterocycles. The molecule has 0 saturated heterocycles. The van der Waals surface area contributed by atoms with E-state index in [9.17, 15) is 0 Å². The van der Waals surface area contributed by atoms with Crippen LogP contribution >= 0.6 is 157 Å². The predicted molar refractivity (Wildman–Crippen MR) is 271 cm³/mol. The van der Waals surface area contributed by atoms with Crippen molar-refractivity contribution in [2.75, 3.05) is 0 Å². The van der Waals surface area contributed by atoms with Gasteiger partial charge < -0.3 is 9.97 Å². The first-order valence-corrected chi connectivity index (χ1v) is 23.6. The van der Waals surface area contributed by atoms with Gasteiger partial charge in [0.05, 0.1) is 85.1 Å². The number of halogens is 12. The van der Waals surface area contributed by atoms with Crippen molar-refractivity contribution < 1.29 is 0 Å². The van der Waals surface area contributed by atoms with Crippen molar-refractivity contribution in [3.8, 4) is 44.5 Å². The van der Waals surface area contributed by atoms with Gasteiger partial charge in [0.2, 0.25) is 0 Å². The highest BCUT2D eigenvalue weighted by molar-refractivity contribution is 9.11. The predicted octanol–water partition coefficient (Wildman–Crippen LogP) is 19.3. The van der Waals surface area contributed by atoms with Crippen LogP contribution in [-0.2, 0) is 0 Å². The second kappa shape index (κ2) is 17.0. The Morgan fingerprint density at radius 3 is 0.667 bits per heavy atom. The van der Waals surface area contributed by atoms with Crippen LogP contribution in [0.15, 0.2) is 115 Å². The largest absolute Gasteiger partial charge is 0.352 e. The summed E-state index contributed by atoms with van der Waals surface area (Å²) in [5.41, 5.74) is 7.80. The van der Waals surface area contributed by atoms with E-state index in [1.165, 1.54) is 0 Å². The fourth-order valence-corrected chi connectivity index (χ4v) is 10.1. The first-order valence-electron chi connectivity index (χ1n) is 17.4. The van der Waals surface area contributed by atoms with E-state index in [-0.39, 0.29) is 40.2 Å². The average Bonchev–Trinajstić information content (AvgIpc) is 3.89. The molecule has 16 heteroatoms. The number of aromatic nitrogens is 4. The molecule has 0 spiro atoms. The summed E-state index contributed by atoms with van der Waals surface area (Å²) in [6.45, 7) is 0. The van der Waals surface area contributed by atoms with Gasteiger partial charge in [0.15, 0.2) is 0 Å². The molecular weight excluding hydrogens is 1190 g/mol. The maximum absolute atomic E-state index is 7.33. The van der Waals surface area contributed by atoms with Gasteiger partial charge in [-0.2, -0.15) is 0 Å². The molecule has 0 amide bonds. The average molecular weight is 1210 g/mol. The third-order valence-electron chi connectivity index (χ3n) is 9.91. The second-order valence-corrected chi connectivity index (χ2v) is 20.1. The lowest BCUT2D eigenvalue weighted by Crippen LogP contribution is -1.91. The molecule has 0 saturated carbocycles. The topological polar surface area (TPSA) is 57.4 Å². The Hall–Kier alpha value is -2.28. The van der Waals surface area contributed by atoms with Crippen molar-refractivity contribution in [1.29, 1.82) is 0 Å². The van der Waals surface area contributed by atoms with Gasteiger partial charge in [0.1, 0.15) is 0 Å². The first-order chi connectivity index (χ1) is 28.7. The summed E-state index contributed by atoms with van der Waals surface area (Å²) in [5.74, 6) is 0. The highest BCUT2D eigenvalue weighted by Gasteiger charge is 2.31. The van der Waals surface area contributed by atoms with Crippen LogP contribution in [0.5, 0.6) is 0 Å². The molecule has 4 nitrogen and oxygen atoms in total. The lowest BCUT2D eigenvalue weighted by atomic mass is 10.0. The Bertz CT molecular complexity index is 2780. The van der Waals surface area contributed by atoms with Crippen molar-refractivity contribution >= 4 is 199 Å². The minimum absolute atomic E-state index is 0.164. The number of hydrogen-bond acceptors (Lipinski definition) is 2. The minimum Gasteiger partial charge on any atom is -0.352 e. The lowest BCUT2D eigenvalue weighted by Gasteiger charge is -2.08. The zero-order valence-corrected chi connectivity index (χ0v) is 42.1. The van der Waals surface area contributed by atoms with Crippen molar-refractivity contribution in [1.82, 2.24) is 19.9 Å². The maximum Gasteiger partial charge on any atom is 0.0939 e. The summed E-state index contributed by atoms with van der Waals surface area (Å²) in [6, 6.07) is 30.5. The quantitative estimate of drug-likeness (QED) is 0.185. The van der Waals surface area contributed by atoms with E-state index >= 15 is 0 Å². The molecule has 0 atom stereocenters. The summed E-state index contributed by atoms with van der Waals surface area (Å²) in [6.07, 6.45) is 0. The van der Waals surface area contributed by atoms with Crippen molar-refractivity contribution in [2.45, 2.75) is 0 Å². The van der Waals surface area contributed by atoms with Gasteiger partial charge in [-0.05, 0) is 70.8 Å². The van der Waals surface area contributed by atoms with Gasteiger partial charge in [-0.1, -0.05) is 205 Å². The Labute approximate surface area is 416 Å². The van der Waals surface area contributed by atoms with Gasteiger partial charge in [-0.25, -0.2) is 9.97 Å². The molecule has 0 fully saturated rings. The summed E-state index contributed by atoms with van der Waals surface area (Å²) in [5, 5.41) is 1.42. The fourth-order valence-electron chi connectivity index (χ4n) is 7.16. The molecule has 0 aliphatic carbocycles. The zero-order valence-electron chi connectivity index (χ0n) is 29.7. The van der Waals surface area contributed by atoms with Crippen LogP contribution in [0.1, 0.15) is 22.8 Å². The number of H-pyrrole nitrogens is 2. The van der Waals surface area contributed by atoms with Crippen molar-refractivity contribution in [3.05, 3.63) is 158 Å². The molecular formula is C44H18Br4Cl8N4. The SMILES string of the molecule is ClC1=C(Cl)c2nc1c(-c1ccc(Br)cc1)c1[nH]c(c(Cl)c1Cl)c(-c1ccc(Br)cc1)c1nc(c(-c3ccc(Br)cc3)c3[nH]c(c(Cl)c3Cl)c2-c2ccc(Br)cc2)C(Cl)=C1Cl. The van der Waals surface area contributed by atoms with Crippen LogP contribution in [0.25, 0.3) is 86.7 Å². The molecule has 0 unspecified atom stereocenters. The fraction of sp³-hybridized carbons (Fsp3) is 0. The van der Waals surface area contributed by atoms with E-state index in [4.69, 9.17) is 103 Å². The van der Waals surface area contributed by atoms with E-state index in [0.717, 1.165) is 17.9 Å². The van der Waals surface area contributed by atoms with Crippen LogP contribution in [0, 0.1) is 0 Å². The van der Waals surface area contributed by atoms with Gasteiger partial charge in [-0.3, -0.25) is 0 Å². The van der Waals surface area contributed by atoms with E-state index in [0.29, 0.717) is 89.4 Å². The number of nitrogens with one attached hydrogen (secondary N) is 2. The van der Waals surface area contributed by atoms with Crippen LogP contribution < -0.4 is 0 Å². The number of nitrogens with zero attached hydrogens (tertiary/aromatic N) is 2. The third-order valence-corrected chi connectivity index (χ3v) is 15.4. The minimum atomic E-state index is 0.164. The van der Waals surface area contributed by atoms with Crippen molar-refractivity contribution in [3.63, 3.8) is 0 Å². The smallest absolute Gasteiger partial charge is 0.0939 e. The Morgan fingerprint density at radius 1 is 0.300 bits per heavy atom. The standard InChI is InChI=1S/C44H18Br4Cl8N4/c45-21-9-1-17(2-10-21)25-37-29(49)31(51)39(57-37)26(18-3-11-22(46)12-4-18)41-33(53)35(55)43(59-41)28(20-7-15-24(48)16-8-20)44-36(56)34(54)42(60-44)27(19-5-13-23(47)14-6-19)40-32(52)30(50)38(25)58-40/h1-16,57,60H. The summed E-state index contributed by atoms with van der Waals surface area (Å²) < 4.78 is 3.41. The first kappa shape index (κ1) is 43.0. The van der Waals surface area contributed by atoms with E-state index in [2.05, 4.69) is 73.7 Å². The Balaban J connectivity index is 1.62. The molecule has 60 heavy (non-hydrogen) atoms. The molecule has 8 bridgehead atoms. The number of aromatic amines is 2. The summed E-state index contributed by atoms with van der Waals surface area (Å²) >= 11 is 72.9. The van der Waals surface area contributed by atoms with Gasteiger partial charge >= 0.3 is 0 Å². The molecule has 298 valence electrons. The summed E-state index contributed by atoms with van der Waals surface area (Å²) in [4.78, 5) is 17.6. The monoisotopic (exact) mass is 1200 g/mol. The molecule has 3 aromatic heterocycles. The van der Waals surface area contributed by atoms with Gasteiger partial charge in [0.25, 0.3) is 0 Å². The van der Waals surface area contributed by atoms with Crippen molar-refractivity contribution in [2.24, 2.45) is 0 Å². The molecule has 9 rings (SSSR count). The molecule has 7 aromatic rings. The Morgan fingerprint density at radius 2 is 0.483 bits per heavy atom. The highest BCUT2D eigenvalue weighted by atomic mass is 79.9. The molecule has 4 aromatic carbocycles. The lowest BCUT2D eigenvalue weighted by molar-refractivity contribution is 1.30. The van der Waals surface area contributed by atoms with Crippen LogP contribution in [-0.4, -0.2) is 19.9 Å². The normalized spacial score (nSPS) is 12.9. The molecule has 2 N–H and O–H groups in total. The number of rotatable bonds is 4. The maximum atomic E-state index is 7.33. The highest BCUT2D eigenvalue weighted by Crippen LogP contribution is 2.52. The molecule has 2 aliphatic rings. The number of benzene rings is 4. The molecule has 0 radical (unpaired) electrons. The third kappa shape index (κ3) is 7.44. The Kier molecular flexibility index (Phi) is 12.2. The number of hydrogen-bond donors (Lipinski definition) is 2. The van der Waals surface area contributed by atoms with Crippen LogP contribution in [0.4, 0.5) is 0 Å². The van der Waals surface area contributed by atoms with Gasteiger partial charge in [-0.15, -0.1) is 0 Å². The van der Waals surface area contributed by atoms with E-state index < -0.39 is 0 Å². The zero-order chi connectivity index (χ0) is 42.3. The van der Waals surface area contributed by atoms with Crippen LogP contribution in [0.3, 0.4) is 0 Å². The number of fused-ring (bicyclic) bond motifs is 8. The van der Waals surface area contributed by atoms with E-state index in [1.807, 2.05) is 97.1 Å². The van der Waals surface area contributed by atoms with Crippen LogP contribution in [0.2, 0.25) is 20.1 Å². The molecule has 2 aliphatic heterocycles. The summed E-state index contributed by atoms with van der Waals surface area (Å²) in [7, 11) is 0. The van der Waals surface area contributed by atoms with Gasteiger partial charge in [0, 0.05) is 40.1 Å². The second-order valence-electron chi connectivity index (χ2n) is 13.4. The van der Waals surface area contributed by atoms with E-state index in [1.54, 1.807) is 0 Å².